The molecule has 3 N–H and O–H groups in total. The molecule has 3 nitrogen and oxygen atoms in total. The van der Waals surface area contributed by atoms with Crippen LogP contribution in [-0.2, 0) is 6.54 Å². The van der Waals surface area contributed by atoms with Gasteiger partial charge in [0.25, 0.3) is 0 Å². The van der Waals surface area contributed by atoms with Gasteiger partial charge in [0.1, 0.15) is 0 Å². The van der Waals surface area contributed by atoms with Gasteiger partial charge >= 0.3 is 0 Å². The summed E-state index contributed by atoms with van der Waals surface area (Å²) in [5, 5.41) is 3.86. The topological polar surface area (TPSA) is 55.1 Å². The predicted octanol–water partition coefficient (Wildman–Crippen LogP) is 2.84. The maximum absolute atomic E-state index is 11.3. The minimum absolute atomic E-state index is 0.341. The summed E-state index contributed by atoms with van der Waals surface area (Å²) in [5.41, 5.74) is 7.52. The molecule has 3 heteroatoms. The van der Waals surface area contributed by atoms with Gasteiger partial charge in [0, 0.05) is 17.6 Å². The maximum atomic E-state index is 11.3. The molecule has 0 aliphatic heterocycles. The highest BCUT2D eigenvalue weighted by molar-refractivity contribution is 5.92. The number of rotatable bonds is 4. The largest absolute Gasteiger partial charge is 0.366 e. The Bertz CT molecular complexity index is 531. The summed E-state index contributed by atoms with van der Waals surface area (Å²) in [5.74, 6) is 2.54. The highest BCUT2D eigenvalue weighted by Gasteiger charge is 2.50. The lowest BCUT2D eigenvalue weighted by Crippen LogP contribution is -2.58. The minimum Gasteiger partial charge on any atom is -0.366 e. The van der Waals surface area contributed by atoms with Gasteiger partial charge in [0.05, 0.1) is 0 Å². The van der Waals surface area contributed by atoms with E-state index < -0.39 is 0 Å². The standard InChI is InChI=1S/C18H24N2O/c19-17(21)16-3-1-2-12(7-16)11-20-18-8-13-4-14(9-18)6-15(5-13)10-18/h1-3,7,13-15,20H,4-6,8-11H2,(H2,19,21). The van der Waals surface area contributed by atoms with Crippen LogP contribution in [0.2, 0.25) is 0 Å². The van der Waals surface area contributed by atoms with Crippen LogP contribution in [-0.4, -0.2) is 11.4 Å². The van der Waals surface area contributed by atoms with Crippen LogP contribution >= 0.6 is 0 Å². The van der Waals surface area contributed by atoms with Crippen molar-refractivity contribution in [1.29, 1.82) is 0 Å². The Balaban J connectivity index is 1.47. The van der Waals surface area contributed by atoms with Crippen molar-refractivity contribution < 1.29 is 4.79 Å². The Kier molecular flexibility index (Phi) is 3.07. The summed E-state index contributed by atoms with van der Waals surface area (Å²) in [7, 11) is 0. The SMILES string of the molecule is NC(=O)c1cccc(CNC23CC4CC(CC(C4)C2)C3)c1. The fourth-order valence-corrected chi connectivity index (χ4v) is 5.45. The molecule has 1 amide bonds. The normalized spacial score (nSPS) is 36.9. The first-order valence-corrected chi connectivity index (χ1v) is 8.26. The molecule has 0 heterocycles. The highest BCUT2D eigenvalue weighted by atomic mass is 16.1. The van der Waals surface area contributed by atoms with Crippen LogP contribution in [0.3, 0.4) is 0 Å². The number of hydrogen-bond acceptors (Lipinski definition) is 2. The molecule has 4 fully saturated rings. The molecule has 0 unspecified atom stereocenters. The van der Waals surface area contributed by atoms with E-state index in [2.05, 4.69) is 11.4 Å². The Morgan fingerprint density at radius 2 is 1.76 bits per heavy atom. The van der Waals surface area contributed by atoms with Gasteiger partial charge in [-0.05, 0) is 74.0 Å². The summed E-state index contributed by atoms with van der Waals surface area (Å²) in [4.78, 5) is 11.3. The predicted molar refractivity (Wildman–Crippen MR) is 82.7 cm³/mol. The van der Waals surface area contributed by atoms with E-state index in [4.69, 9.17) is 5.73 Å². The molecule has 0 radical (unpaired) electrons. The number of nitrogens with one attached hydrogen (secondary N) is 1. The summed E-state index contributed by atoms with van der Waals surface area (Å²) in [6, 6.07) is 7.73. The van der Waals surface area contributed by atoms with Crippen molar-refractivity contribution in [1.82, 2.24) is 5.32 Å². The lowest BCUT2D eigenvalue weighted by molar-refractivity contribution is -0.0206. The number of carbonyl (C=O) groups excluding carboxylic acids is 1. The van der Waals surface area contributed by atoms with Crippen LogP contribution in [0.15, 0.2) is 24.3 Å². The van der Waals surface area contributed by atoms with Crippen LogP contribution in [0, 0.1) is 17.8 Å². The van der Waals surface area contributed by atoms with E-state index in [1.54, 1.807) is 6.07 Å². The average molecular weight is 284 g/mol. The molecule has 1 aromatic rings. The Morgan fingerprint density at radius 1 is 1.14 bits per heavy atom. The second-order valence-electron chi connectivity index (χ2n) is 7.62. The Morgan fingerprint density at radius 3 is 2.33 bits per heavy atom. The zero-order valence-electron chi connectivity index (χ0n) is 12.5. The molecular formula is C18H24N2O. The molecule has 1 aromatic carbocycles. The zero-order valence-corrected chi connectivity index (χ0v) is 12.5. The van der Waals surface area contributed by atoms with E-state index in [1.807, 2.05) is 12.1 Å². The van der Waals surface area contributed by atoms with Crippen molar-refractivity contribution in [3.05, 3.63) is 35.4 Å². The minimum atomic E-state index is -0.341. The molecule has 0 aromatic heterocycles. The van der Waals surface area contributed by atoms with E-state index in [1.165, 1.54) is 44.1 Å². The summed E-state index contributed by atoms with van der Waals surface area (Å²) in [6.07, 6.45) is 8.48. The van der Waals surface area contributed by atoms with Gasteiger partial charge in [0.15, 0.2) is 0 Å². The molecule has 4 saturated carbocycles. The quantitative estimate of drug-likeness (QED) is 0.893. The lowest BCUT2D eigenvalue weighted by Gasteiger charge is -2.57. The molecule has 4 aliphatic rings. The van der Waals surface area contributed by atoms with E-state index in [0.717, 1.165) is 24.3 Å². The molecule has 0 atom stereocenters. The monoisotopic (exact) mass is 284 g/mol. The van der Waals surface area contributed by atoms with Crippen molar-refractivity contribution in [3.63, 3.8) is 0 Å². The molecule has 0 saturated heterocycles. The number of carbonyl (C=O) groups is 1. The first-order valence-electron chi connectivity index (χ1n) is 8.26. The van der Waals surface area contributed by atoms with E-state index >= 15 is 0 Å². The smallest absolute Gasteiger partial charge is 0.248 e. The van der Waals surface area contributed by atoms with Crippen LogP contribution in [0.5, 0.6) is 0 Å². The molecule has 112 valence electrons. The van der Waals surface area contributed by atoms with Gasteiger partial charge in [-0.25, -0.2) is 0 Å². The van der Waals surface area contributed by atoms with Crippen molar-refractivity contribution in [3.8, 4) is 0 Å². The fraction of sp³-hybridized carbons (Fsp3) is 0.611. The first kappa shape index (κ1) is 13.3. The molecule has 5 rings (SSSR count). The molecule has 21 heavy (non-hydrogen) atoms. The van der Waals surface area contributed by atoms with Crippen LogP contribution < -0.4 is 11.1 Å². The van der Waals surface area contributed by atoms with Gasteiger partial charge in [-0.3, -0.25) is 4.79 Å². The van der Waals surface area contributed by atoms with Crippen LogP contribution in [0.4, 0.5) is 0 Å². The van der Waals surface area contributed by atoms with Crippen LogP contribution in [0.25, 0.3) is 0 Å². The van der Waals surface area contributed by atoms with E-state index in [9.17, 15) is 4.79 Å². The van der Waals surface area contributed by atoms with Crippen LogP contribution in [0.1, 0.15) is 54.4 Å². The van der Waals surface area contributed by atoms with E-state index in [-0.39, 0.29) is 5.91 Å². The van der Waals surface area contributed by atoms with Crippen molar-refractivity contribution in [2.75, 3.05) is 0 Å². The van der Waals surface area contributed by atoms with Crippen molar-refractivity contribution in [2.24, 2.45) is 23.5 Å². The third-order valence-corrected chi connectivity index (χ3v) is 5.92. The molecular weight excluding hydrogens is 260 g/mol. The Hall–Kier alpha value is -1.35. The number of nitrogens with two attached hydrogens (primary N) is 1. The summed E-state index contributed by atoms with van der Waals surface area (Å²) in [6.45, 7) is 0.854. The third-order valence-electron chi connectivity index (χ3n) is 5.92. The van der Waals surface area contributed by atoms with E-state index in [0.29, 0.717) is 11.1 Å². The van der Waals surface area contributed by atoms with Gasteiger partial charge < -0.3 is 11.1 Å². The number of hydrogen-bond donors (Lipinski definition) is 2. The zero-order chi connectivity index (χ0) is 14.4. The summed E-state index contributed by atoms with van der Waals surface area (Å²) >= 11 is 0. The lowest BCUT2D eigenvalue weighted by atomic mass is 9.53. The fourth-order valence-electron chi connectivity index (χ4n) is 5.45. The summed E-state index contributed by atoms with van der Waals surface area (Å²) < 4.78 is 0. The molecule has 4 bridgehead atoms. The second-order valence-corrected chi connectivity index (χ2v) is 7.62. The third kappa shape index (κ3) is 2.48. The second kappa shape index (κ2) is 4.84. The molecule has 4 aliphatic carbocycles. The van der Waals surface area contributed by atoms with Crippen molar-refractivity contribution in [2.45, 2.75) is 50.6 Å². The Labute approximate surface area is 126 Å². The van der Waals surface area contributed by atoms with Gasteiger partial charge in [-0.1, -0.05) is 12.1 Å². The molecule has 0 spiro atoms. The number of primary amides is 1. The highest BCUT2D eigenvalue weighted by Crippen LogP contribution is 2.55. The van der Waals surface area contributed by atoms with Gasteiger partial charge in [-0.2, -0.15) is 0 Å². The van der Waals surface area contributed by atoms with Gasteiger partial charge in [0.2, 0.25) is 5.91 Å². The number of benzene rings is 1. The number of amides is 1. The van der Waals surface area contributed by atoms with Crippen molar-refractivity contribution >= 4 is 5.91 Å². The average Bonchev–Trinajstić information content (AvgIpc) is 2.44. The van der Waals surface area contributed by atoms with Gasteiger partial charge in [-0.15, -0.1) is 0 Å². The first-order chi connectivity index (χ1) is 10.1. The maximum Gasteiger partial charge on any atom is 0.248 e.